The van der Waals surface area contributed by atoms with Gasteiger partial charge in [0.25, 0.3) is 0 Å². The monoisotopic (exact) mass is 185 g/mol. The Kier molecular flexibility index (Phi) is 2.96. The predicted molar refractivity (Wildman–Crippen MR) is 51.4 cm³/mol. The first kappa shape index (κ1) is 10.5. The van der Waals surface area contributed by atoms with Gasteiger partial charge in [0.15, 0.2) is 0 Å². The number of aliphatic carboxylic acids is 1. The molecule has 1 fully saturated rings. The van der Waals surface area contributed by atoms with Crippen LogP contribution < -0.4 is 5.73 Å². The molecule has 0 aromatic heterocycles. The number of rotatable bonds is 3. The third-order valence-corrected chi connectivity index (χ3v) is 2.98. The first-order valence-electron chi connectivity index (χ1n) is 4.89. The minimum Gasteiger partial charge on any atom is -0.480 e. The van der Waals surface area contributed by atoms with E-state index in [0.29, 0.717) is 17.8 Å². The van der Waals surface area contributed by atoms with E-state index in [1.54, 1.807) is 0 Å². The van der Waals surface area contributed by atoms with Gasteiger partial charge < -0.3 is 10.8 Å². The Morgan fingerprint density at radius 2 is 2.31 bits per heavy atom. The van der Waals surface area contributed by atoms with Crippen molar-refractivity contribution >= 4 is 5.97 Å². The van der Waals surface area contributed by atoms with E-state index in [0.717, 1.165) is 12.8 Å². The average Bonchev–Trinajstić information content (AvgIpc) is 2.30. The van der Waals surface area contributed by atoms with Crippen LogP contribution in [0.25, 0.3) is 0 Å². The zero-order valence-electron chi connectivity index (χ0n) is 8.42. The normalized spacial score (nSPS) is 28.7. The quantitative estimate of drug-likeness (QED) is 0.702. The largest absolute Gasteiger partial charge is 0.480 e. The zero-order valence-corrected chi connectivity index (χ0v) is 8.42. The van der Waals surface area contributed by atoms with Gasteiger partial charge in [0.2, 0.25) is 0 Å². The molecule has 0 radical (unpaired) electrons. The average molecular weight is 185 g/mol. The molecule has 1 rings (SSSR count). The molecule has 2 atom stereocenters. The molecule has 2 unspecified atom stereocenters. The van der Waals surface area contributed by atoms with Gasteiger partial charge in [-0.15, -0.1) is 0 Å². The molecule has 1 aliphatic carbocycles. The molecule has 76 valence electrons. The highest BCUT2D eigenvalue weighted by Gasteiger charge is 2.32. The summed E-state index contributed by atoms with van der Waals surface area (Å²) in [7, 11) is 0. The van der Waals surface area contributed by atoms with E-state index >= 15 is 0 Å². The molecule has 3 N–H and O–H groups in total. The second-order valence-corrected chi connectivity index (χ2v) is 4.95. The molecule has 3 heteroatoms. The fraction of sp³-hybridized carbons (Fsp3) is 0.900. The Morgan fingerprint density at radius 1 is 1.69 bits per heavy atom. The fourth-order valence-corrected chi connectivity index (χ4v) is 2.24. The molecule has 0 spiro atoms. The Labute approximate surface area is 79.3 Å². The molecule has 13 heavy (non-hydrogen) atoms. The van der Waals surface area contributed by atoms with Crippen molar-refractivity contribution in [2.45, 2.75) is 45.6 Å². The summed E-state index contributed by atoms with van der Waals surface area (Å²) in [6, 6.07) is -0.668. The van der Waals surface area contributed by atoms with Crippen molar-refractivity contribution < 1.29 is 9.90 Å². The van der Waals surface area contributed by atoms with Crippen LogP contribution in [-0.2, 0) is 4.79 Å². The van der Waals surface area contributed by atoms with Gasteiger partial charge in [-0.3, -0.25) is 4.79 Å². The van der Waals surface area contributed by atoms with Crippen molar-refractivity contribution in [3.63, 3.8) is 0 Å². The van der Waals surface area contributed by atoms with Crippen LogP contribution >= 0.6 is 0 Å². The minimum absolute atomic E-state index is 0.392. The van der Waals surface area contributed by atoms with Gasteiger partial charge in [-0.05, 0) is 37.0 Å². The summed E-state index contributed by atoms with van der Waals surface area (Å²) in [6.07, 6.45) is 4.09. The molecule has 3 nitrogen and oxygen atoms in total. The molecule has 0 aromatic rings. The molecular formula is C10H19NO2. The van der Waals surface area contributed by atoms with Gasteiger partial charge in [-0.25, -0.2) is 0 Å². The van der Waals surface area contributed by atoms with E-state index in [2.05, 4.69) is 13.8 Å². The highest BCUT2D eigenvalue weighted by molar-refractivity contribution is 5.73. The summed E-state index contributed by atoms with van der Waals surface area (Å²) in [5.41, 5.74) is 5.88. The van der Waals surface area contributed by atoms with E-state index in [-0.39, 0.29) is 0 Å². The van der Waals surface area contributed by atoms with E-state index in [1.807, 2.05) is 0 Å². The lowest BCUT2D eigenvalue weighted by Crippen LogP contribution is -2.32. The number of hydrogen-bond acceptors (Lipinski definition) is 2. The van der Waals surface area contributed by atoms with Crippen molar-refractivity contribution in [3.8, 4) is 0 Å². The third kappa shape index (κ3) is 2.99. The van der Waals surface area contributed by atoms with Gasteiger partial charge in [0.05, 0.1) is 0 Å². The Bertz CT molecular complexity index is 201. The highest BCUT2D eigenvalue weighted by atomic mass is 16.4. The maximum absolute atomic E-state index is 10.5. The van der Waals surface area contributed by atoms with Crippen LogP contribution in [0.3, 0.4) is 0 Å². The van der Waals surface area contributed by atoms with Crippen LogP contribution in [0.1, 0.15) is 39.5 Å². The Hall–Kier alpha value is -0.570. The van der Waals surface area contributed by atoms with Crippen molar-refractivity contribution in [3.05, 3.63) is 0 Å². The van der Waals surface area contributed by atoms with Gasteiger partial charge in [0.1, 0.15) is 6.04 Å². The van der Waals surface area contributed by atoms with Crippen LogP contribution in [0, 0.1) is 11.3 Å². The summed E-state index contributed by atoms with van der Waals surface area (Å²) in [5.74, 6) is -0.356. The maximum atomic E-state index is 10.5. The number of carboxylic acid groups (broad SMARTS) is 1. The number of carbonyl (C=O) groups is 1. The van der Waals surface area contributed by atoms with Crippen LogP contribution in [0.15, 0.2) is 0 Å². The van der Waals surface area contributed by atoms with Gasteiger partial charge in [-0.1, -0.05) is 13.8 Å². The third-order valence-electron chi connectivity index (χ3n) is 2.98. The summed E-state index contributed by atoms with van der Waals surface area (Å²) < 4.78 is 0. The van der Waals surface area contributed by atoms with Gasteiger partial charge in [0, 0.05) is 0 Å². The predicted octanol–water partition coefficient (Wildman–Crippen LogP) is 1.61. The van der Waals surface area contributed by atoms with E-state index in [1.165, 1.54) is 6.42 Å². The lowest BCUT2D eigenvalue weighted by Gasteiger charge is -2.18. The van der Waals surface area contributed by atoms with Crippen molar-refractivity contribution in [1.82, 2.24) is 0 Å². The second-order valence-electron chi connectivity index (χ2n) is 4.95. The van der Waals surface area contributed by atoms with E-state index in [9.17, 15) is 4.79 Å². The van der Waals surface area contributed by atoms with Crippen molar-refractivity contribution in [2.75, 3.05) is 0 Å². The molecule has 0 aromatic carbocycles. The van der Waals surface area contributed by atoms with Crippen LogP contribution in [-0.4, -0.2) is 17.1 Å². The lowest BCUT2D eigenvalue weighted by atomic mass is 9.89. The Balaban J connectivity index is 2.36. The minimum atomic E-state index is -0.871. The van der Waals surface area contributed by atoms with E-state index < -0.39 is 12.0 Å². The van der Waals surface area contributed by atoms with Crippen LogP contribution in [0.5, 0.6) is 0 Å². The molecule has 0 aliphatic heterocycles. The van der Waals surface area contributed by atoms with E-state index in [4.69, 9.17) is 10.8 Å². The molecule has 1 aliphatic rings. The van der Waals surface area contributed by atoms with Crippen molar-refractivity contribution in [2.24, 2.45) is 17.1 Å². The molecular weight excluding hydrogens is 166 g/mol. The smallest absolute Gasteiger partial charge is 0.320 e. The van der Waals surface area contributed by atoms with Crippen LogP contribution in [0.4, 0.5) is 0 Å². The first-order valence-corrected chi connectivity index (χ1v) is 4.89. The first-order chi connectivity index (χ1) is 5.91. The lowest BCUT2D eigenvalue weighted by molar-refractivity contribution is -0.138. The van der Waals surface area contributed by atoms with Crippen molar-refractivity contribution in [1.29, 1.82) is 0 Å². The topological polar surface area (TPSA) is 63.3 Å². The second kappa shape index (κ2) is 3.66. The Morgan fingerprint density at radius 3 is 2.69 bits per heavy atom. The SMILES string of the molecule is CC1(C)CCC(CC(N)C(=O)O)C1. The summed E-state index contributed by atoms with van der Waals surface area (Å²) in [4.78, 5) is 10.5. The fourth-order valence-electron chi connectivity index (χ4n) is 2.24. The van der Waals surface area contributed by atoms with Crippen LogP contribution in [0.2, 0.25) is 0 Å². The molecule has 0 heterocycles. The maximum Gasteiger partial charge on any atom is 0.320 e. The number of hydrogen-bond donors (Lipinski definition) is 2. The summed E-state index contributed by atoms with van der Waals surface area (Å²) in [6.45, 7) is 4.47. The number of carboxylic acids is 1. The summed E-state index contributed by atoms with van der Waals surface area (Å²) in [5, 5.41) is 8.65. The molecule has 0 bridgehead atoms. The zero-order chi connectivity index (χ0) is 10.1. The summed E-state index contributed by atoms with van der Waals surface area (Å²) >= 11 is 0. The number of nitrogens with two attached hydrogens (primary N) is 1. The molecule has 0 amide bonds. The molecule has 0 saturated heterocycles. The van der Waals surface area contributed by atoms with Gasteiger partial charge in [-0.2, -0.15) is 0 Å². The van der Waals surface area contributed by atoms with Gasteiger partial charge >= 0.3 is 5.97 Å². The standard InChI is InChI=1S/C10H19NO2/c1-10(2)4-3-7(6-10)5-8(11)9(12)13/h7-8H,3-6,11H2,1-2H3,(H,12,13). The molecule has 1 saturated carbocycles. The highest BCUT2D eigenvalue weighted by Crippen LogP contribution is 2.42.